The van der Waals surface area contributed by atoms with Crippen LogP contribution >= 0.6 is 0 Å². The zero-order chi connectivity index (χ0) is 15.3. The molecule has 0 bridgehead atoms. The Kier molecular flexibility index (Phi) is 5.14. The molecule has 1 aromatic carbocycles. The molecule has 0 aliphatic heterocycles. The zero-order valence-electron chi connectivity index (χ0n) is 11.7. The van der Waals surface area contributed by atoms with E-state index in [1.807, 2.05) is 0 Å². The van der Waals surface area contributed by atoms with Gasteiger partial charge in [-0.15, -0.1) is 0 Å². The van der Waals surface area contributed by atoms with Gasteiger partial charge in [-0.2, -0.15) is 0 Å². The van der Waals surface area contributed by atoms with Crippen LogP contribution in [0.5, 0.6) is 0 Å². The van der Waals surface area contributed by atoms with E-state index in [4.69, 9.17) is 5.11 Å². The smallest absolute Gasteiger partial charge is 0.328 e. The minimum atomic E-state index is -3.23. The SMILES string of the molecule is O=C(O)/C=C/c1ccc(CNS(=O)(=O)C2CCCC2)cc1. The van der Waals surface area contributed by atoms with Crippen molar-refractivity contribution in [1.29, 1.82) is 0 Å². The van der Waals surface area contributed by atoms with Crippen LogP contribution in [0.1, 0.15) is 36.8 Å². The molecule has 0 spiro atoms. The number of carboxylic acids is 1. The summed E-state index contributed by atoms with van der Waals surface area (Å²) >= 11 is 0. The number of sulfonamides is 1. The standard InChI is InChI=1S/C15H19NO4S/c17-15(18)10-9-12-5-7-13(8-6-12)11-16-21(19,20)14-3-1-2-4-14/h5-10,14,16H,1-4,11H2,(H,17,18)/b10-9+. The van der Waals surface area contributed by atoms with Gasteiger partial charge in [-0.05, 0) is 30.0 Å². The van der Waals surface area contributed by atoms with E-state index in [1.54, 1.807) is 24.3 Å². The van der Waals surface area contributed by atoms with Crippen molar-refractivity contribution in [3.63, 3.8) is 0 Å². The van der Waals surface area contributed by atoms with Crippen LogP contribution in [0.4, 0.5) is 0 Å². The summed E-state index contributed by atoms with van der Waals surface area (Å²) in [5.41, 5.74) is 1.61. The molecule has 0 amide bonds. The molecule has 0 saturated heterocycles. The molecule has 2 rings (SSSR count). The van der Waals surface area contributed by atoms with Gasteiger partial charge >= 0.3 is 5.97 Å². The molecule has 6 heteroatoms. The van der Waals surface area contributed by atoms with Crippen LogP contribution < -0.4 is 4.72 Å². The Morgan fingerprint density at radius 1 is 1.24 bits per heavy atom. The second kappa shape index (κ2) is 6.87. The lowest BCUT2D eigenvalue weighted by Crippen LogP contribution is -2.32. The largest absolute Gasteiger partial charge is 0.478 e. The number of hydrogen-bond acceptors (Lipinski definition) is 3. The van der Waals surface area contributed by atoms with Gasteiger partial charge in [-0.25, -0.2) is 17.9 Å². The van der Waals surface area contributed by atoms with E-state index in [0.717, 1.165) is 42.9 Å². The monoisotopic (exact) mass is 309 g/mol. The summed E-state index contributed by atoms with van der Waals surface area (Å²) in [6, 6.07) is 7.11. The predicted molar refractivity (Wildman–Crippen MR) is 81.1 cm³/mol. The highest BCUT2D eigenvalue weighted by atomic mass is 32.2. The minimum absolute atomic E-state index is 0.254. The number of hydrogen-bond donors (Lipinski definition) is 2. The highest BCUT2D eigenvalue weighted by Gasteiger charge is 2.28. The highest BCUT2D eigenvalue weighted by Crippen LogP contribution is 2.24. The van der Waals surface area contributed by atoms with Crippen LogP contribution in [-0.4, -0.2) is 24.7 Å². The molecule has 2 N–H and O–H groups in total. The maximum absolute atomic E-state index is 12.1. The summed E-state index contributed by atoms with van der Waals surface area (Å²) in [5, 5.41) is 8.29. The minimum Gasteiger partial charge on any atom is -0.478 e. The van der Waals surface area contributed by atoms with Crippen LogP contribution in [-0.2, 0) is 21.4 Å². The maximum atomic E-state index is 12.1. The topological polar surface area (TPSA) is 83.5 Å². The van der Waals surface area contributed by atoms with Crippen molar-refractivity contribution in [1.82, 2.24) is 4.72 Å². The fourth-order valence-corrected chi connectivity index (χ4v) is 3.97. The summed E-state index contributed by atoms with van der Waals surface area (Å²) < 4.78 is 26.8. The third-order valence-corrected chi connectivity index (χ3v) is 5.51. The summed E-state index contributed by atoms with van der Waals surface area (Å²) in [5.74, 6) is -0.997. The van der Waals surface area contributed by atoms with Gasteiger partial charge in [0.05, 0.1) is 5.25 Å². The number of nitrogens with one attached hydrogen (secondary N) is 1. The van der Waals surface area contributed by atoms with Crippen molar-refractivity contribution in [2.45, 2.75) is 37.5 Å². The lowest BCUT2D eigenvalue weighted by molar-refractivity contribution is -0.131. The van der Waals surface area contributed by atoms with E-state index in [9.17, 15) is 13.2 Å². The van der Waals surface area contributed by atoms with Gasteiger partial charge in [-0.1, -0.05) is 37.1 Å². The second-order valence-corrected chi connectivity index (χ2v) is 7.23. The first-order valence-electron chi connectivity index (χ1n) is 6.96. The summed E-state index contributed by atoms with van der Waals surface area (Å²) in [7, 11) is -3.23. The summed E-state index contributed by atoms with van der Waals surface area (Å²) in [6.07, 6.45) is 6.02. The molecule has 0 aromatic heterocycles. The van der Waals surface area contributed by atoms with E-state index in [-0.39, 0.29) is 11.8 Å². The quantitative estimate of drug-likeness (QED) is 0.789. The van der Waals surface area contributed by atoms with Crippen LogP contribution in [0, 0.1) is 0 Å². The fraction of sp³-hybridized carbons (Fsp3) is 0.400. The number of carbonyl (C=O) groups is 1. The van der Waals surface area contributed by atoms with E-state index in [1.165, 1.54) is 6.08 Å². The lowest BCUT2D eigenvalue weighted by Gasteiger charge is -2.12. The average molecular weight is 309 g/mol. The van der Waals surface area contributed by atoms with Crippen LogP contribution in [0.3, 0.4) is 0 Å². The number of aliphatic carboxylic acids is 1. The Hall–Kier alpha value is -1.66. The van der Waals surface area contributed by atoms with Crippen molar-refractivity contribution in [2.75, 3.05) is 0 Å². The Morgan fingerprint density at radius 2 is 1.86 bits per heavy atom. The Morgan fingerprint density at radius 3 is 2.43 bits per heavy atom. The van der Waals surface area contributed by atoms with E-state index < -0.39 is 16.0 Å². The van der Waals surface area contributed by atoms with Gasteiger partial charge in [0.2, 0.25) is 10.0 Å². The van der Waals surface area contributed by atoms with Gasteiger partial charge in [0.25, 0.3) is 0 Å². The first-order valence-corrected chi connectivity index (χ1v) is 8.50. The number of carboxylic acid groups (broad SMARTS) is 1. The summed E-state index contributed by atoms with van der Waals surface area (Å²) in [4.78, 5) is 10.4. The van der Waals surface area contributed by atoms with Crippen LogP contribution in [0.2, 0.25) is 0 Å². The molecule has 5 nitrogen and oxygen atoms in total. The predicted octanol–water partition coefficient (Wildman–Crippen LogP) is 2.15. The Bertz CT molecular complexity index is 614. The van der Waals surface area contributed by atoms with Crippen LogP contribution in [0.25, 0.3) is 6.08 Å². The highest BCUT2D eigenvalue weighted by molar-refractivity contribution is 7.90. The van der Waals surface area contributed by atoms with Crippen molar-refractivity contribution in [2.24, 2.45) is 0 Å². The molecule has 0 heterocycles. The third-order valence-electron chi connectivity index (χ3n) is 3.62. The molecule has 1 aliphatic carbocycles. The Labute approximate surface area is 124 Å². The molecule has 1 saturated carbocycles. The van der Waals surface area contributed by atoms with Crippen molar-refractivity contribution >= 4 is 22.1 Å². The molecular weight excluding hydrogens is 290 g/mol. The molecule has 0 unspecified atom stereocenters. The molecule has 1 fully saturated rings. The molecule has 1 aliphatic rings. The normalized spacial score (nSPS) is 16.6. The van der Waals surface area contributed by atoms with Gasteiger partial charge in [0.1, 0.15) is 0 Å². The second-order valence-electron chi connectivity index (χ2n) is 5.19. The average Bonchev–Trinajstić information content (AvgIpc) is 2.99. The molecule has 114 valence electrons. The maximum Gasteiger partial charge on any atom is 0.328 e. The molecular formula is C15H19NO4S. The van der Waals surface area contributed by atoms with Gasteiger partial charge in [0.15, 0.2) is 0 Å². The zero-order valence-corrected chi connectivity index (χ0v) is 12.5. The lowest BCUT2D eigenvalue weighted by atomic mass is 10.1. The van der Waals surface area contributed by atoms with Crippen molar-refractivity contribution in [3.05, 3.63) is 41.5 Å². The first kappa shape index (κ1) is 15.7. The van der Waals surface area contributed by atoms with Crippen molar-refractivity contribution in [3.8, 4) is 0 Å². The molecule has 21 heavy (non-hydrogen) atoms. The van der Waals surface area contributed by atoms with E-state index in [0.29, 0.717) is 0 Å². The third kappa shape index (κ3) is 4.68. The molecule has 1 aromatic rings. The summed E-state index contributed by atoms with van der Waals surface area (Å²) in [6.45, 7) is 0.266. The number of rotatable bonds is 6. The molecule has 0 atom stereocenters. The van der Waals surface area contributed by atoms with Crippen molar-refractivity contribution < 1.29 is 18.3 Å². The Balaban J connectivity index is 1.93. The van der Waals surface area contributed by atoms with Gasteiger partial charge in [-0.3, -0.25) is 0 Å². The van der Waals surface area contributed by atoms with Gasteiger partial charge in [0, 0.05) is 12.6 Å². The van der Waals surface area contributed by atoms with Crippen LogP contribution in [0.15, 0.2) is 30.3 Å². The first-order chi connectivity index (χ1) is 9.97. The number of benzene rings is 1. The molecule has 0 radical (unpaired) electrons. The van der Waals surface area contributed by atoms with Gasteiger partial charge < -0.3 is 5.11 Å². The fourth-order valence-electron chi connectivity index (χ4n) is 2.41. The van der Waals surface area contributed by atoms with E-state index in [2.05, 4.69) is 4.72 Å². The van der Waals surface area contributed by atoms with E-state index >= 15 is 0 Å².